The maximum absolute atomic E-state index is 10.9. The lowest BCUT2D eigenvalue weighted by atomic mass is 10.3. The van der Waals surface area contributed by atoms with Gasteiger partial charge < -0.3 is 10.1 Å². The second-order valence-corrected chi connectivity index (χ2v) is 4.41. The number of methoxy groups -OCH3 is 1. The Hall–Kier alpha value is -2.22. The van der Waals surface area contributed by atoms with Crippen LogP contribution in [-0.4, -0.2) is 22.0 Å². The van der Waals surface area contributed by atoms with E-state index < -0.39 is 4.92 Å². The van der Waals surface area contributed by atoms with Crippen LogP contribution in [0, 0.1) is 10.1 Å². The largest absolute Gasteiger partial charge is 0.481 e. The number of nitrogens with zero attached hydrogens (tertiary/aromatic N) is 3. The highest BCUT2D eigenvalue weighted by Gasteiger charge is 2.16. The van der Waals surface area contributed by atoms with Crippen LogP contribution in [0.4, 0.5) is 17.2 Å². The lowest BCUT2D eigenvalue weighted by Gasteiger charge is -2.06. The van der Waals surface area contributed by atoms with Gasteiger partial charge in [-0.1, -0.05) is 0 Å². The zero-order valence-electron chi connectivity index (χ0n) is 9.83. The Kier molecular flexibility index (Phi) is 3.91. The smallest absolute Gasteiger partial charge is 0.312 e. The minimum absolute atomic E-state index is 0.120. The molecular formula is C11H9BrN4O3. The first-order chi connectivity index (χ1) is 9.10. The Balaban J connectivity index is 2.29. The highest BCUT2D eigenvalue weighted by atomic mass is 79.9. The third-order valence-corrected chi connectivity index (χ3v) is 2.67. The second-order valence-electron chi connectivity index (χ2n) is 3.49. The molecule has 2 aromatic rings. The molecule has 0 aliphatic heterocycles. The summed E-state index contributed by atoms with van der Waals surface area (Å²) in [6.07, 6.45) is 2.98. The van der Waals surface area contributed by atoms with E-state index in [0.29, 0.717) is 16.0 Å². The van der Waals surface area contributed by atoms with Gasteiger partial charge in [0.2, 0.25) is 11.7 Å². The lowest BCUT2D eigenvalue weighted by molar-refractivity contribution is -0.384. The molecule has 0 fully saturated rings. The maximum atomic E-state index is 10.9. The summed E-state index contributed by atoms with van der Waals surface area (Å²) in [5.74, 6) is 0.615. The van der Waals surface area contributed by atoms with Gasteiger partial charge in [-0.15, -0.1) is 0 Å². The molecule has 0 amide bonds. The average Bonchev–Trinajstić information content (AvgIpc) is 2.41. The minimum atomic E-state index is -0.503. The molecule has 0 atom stereocenters. The van der Waals surface area contributed by atoms with Crippen molar-refractivity contribution in [2.75, 3.05) is 12.4 Å². The summed E-state index contributed by atoms with van der Waals surface area (Å²) >= 11 is 3.15. The van der Waals surface area contributed by atoms with Crippen molar-refractivity contribution in [1.29, 1.82) is 0 Å². The van der Waals surface area contributed by atoms with Crippen molar-refractivity contribution in [3.63, 3.8) is 0 Å². The maximum Gasteiger partial charge on any atom is 0.312 e. The number of aromatic nitrogens is 2. The molecular weight excluding hydrogens is 316 g/mol. The summed E-state index contributed by atoms with van der Waals surface area (Å²) < 4.78 is 5.47. The van der Waals surface area contributed by atoms with E-state index in [4.69, 9.17) is 4.74 Å². The third kappa shape index (κ3) is 3.16. The second kappa shape index (κ2) is 5.61. The molecule has 0 aromatic carbocycles. The molecule has 2 aromatic heterocycles. The predicted octanol–water partition coefficient (Wildman–Crippen LogP) is 2.90. The number of anilines is 2. The molecule has 98 valence electrons. The SMILES string of the molecule is COc1ccc(Nc2ncc(Br)cc2[N+](=O)[O-])cn1. The van der Waals surface area contributed by atoms with Crippen LogP contribution in [0.1, 0.15) is 0 Å². The summed E-state index contributed by atoms with van der Waals surface area (Å²) in [5, 5.41) is 13.8. The van der Waals surface area contributed by atoms with Crippen molar-refractivity contribution < 1.29 is 9.66 Å². The van der Waals surface area contributed by atoms with Crippen LogP contribution in [0.15, 0.2) is 35.1 Å². The first kappa shape index (κ1) is 13.2. The molecule has 0 unspecified atom stereocenters. The number of halogens is 1. The van der Waals surface area contributed by atoms with Crippen molar-refractivity contribution in [3.05, 3.63) is 45.2 Å². The van der Waals surface area contributed by atoms with E-state index in [1.54, 1.807) is 12.1 Å². The fraction of sp³-hybridized carbons (Fsp3) is 0.0909. The Morgan fingerprint density at radius 2 is 2.16 bits per heavy atom. The number of rotatable bonds is 4. The van der Waals surface area contributed by atoms with Crippen molar-refractivity contribution in [2.24, 2.45) is 0 Å². The van der Waals surface area contributed by atoms with Gasteiger partial charge in [-0.3, -0.25) is 10.1 Å². The van der Waals surface area contributed by atoms with Crippen LogP contribution in [0.2, 0.25) is 0 Å². The summed E-state index contributed by atoms with van der Waals surface area (Å²) in [7, 11) is 1.51. The van der Waals surface area contributed by atoms with E-state index >= 15 is 0 Å². The van der Waals surface area contributed by atoms with Gasteiger partial charge in [0.1, 0.15) is 0 Å². The molecule has 0 bridgehead atoms. The quantitative estimate of drug-likeness (QED) is 0.687. The summed E-state index contributed by atoms with van der Waals surface area (Å²) in [4.78, 5) is 18.4. The number of hydrogen-bond acceptors (Lipinski definition) is 6. The van der Waals surface area contributed by atoms with Crippen LogP contribution >= 0.6 is 15.9 Å². The van der Waals surface area contributed by atoms with Crippen LogP contribution in [-0.2, 0) is 0 Å². The van der Waals surface area contributed by atoms with Crippen molar-refractivity contribution >= 4 is 33.1 Å². The summed E-state index contributed by atoms with van der Waals surface area (Å²) in [5.41, 5.74) is 0.462. The molecule has 0 radical (unpaired) electrons. The first-order valence-electron chi connectivity index (χ1n) is 5.17. The van der Waals surface area contributed by atoms with Crippen LogP contribution in [0.3, 0.4) is 0 Å². The van der Waals surface area contributed by atoms with Gasteiger partial charge in [-0.2, -0.15) is 0 Å². The average molecular weight is 325 g/mol. The normalized spacial score (nSPS) is 10.0. The molecule has 1 N–H and O–H groups in total. The van der Waals surface area contributed by atoms with Gasteiger partial charge in [-0.05, 0) is 22.0 Å². The van der Waals surface area contributed by atoms with Crippen molar-refractivity contribution in [2.45, 2.75) is 0 Å². The summed E-state index contributed by atoms with van der Waals surface area (Å²) in [6.45, 7) is 0. The lowest BCUT2D eigenvalue weighted by Crippen LogP contribution is -2.00. The van der Waals surface area contributed by atoms with E-state index in [0.717, 1.165) is 0 Å². The Morgan fingerprint density at radius 1 is 1.37 bits per heavy atom. The van der Waals surface area contributed by atoms with Gasteiger partial charge in [0.05, 0.1) is 23.9 Å². The van der Waals surface area contributed by atoms with E-state index in [2.05, 4.69) is 31.2 Å². The molecule has 2 heterocycles. The monoisotopic (exact) mass is 324 g/mol. The molecule has 7 nitrogen and oxygen atoms in total. The Bertz CT molecular complexity index is 603. The number of pyridine rings is 2. The first-order valence-corrected chi connectivity index (χ1v) is 5.96. The molecule has 0 saturated carbocycles. The number of hydrogen-bond donors (Lipinski definition) is 1. The molecule has 0 aliphatic rings. The van der Waals surface area contributed by atoms with Gasteiger partial charge in [-0.25, -0.2) is 9.97 Å². The molecule has 8 heteroatoms. The van der Waals surface area contributed by atoms with E-state index in [9.17, 15) is 10.1 Å². The number of nitro groups is 1. The number of nitrogens with one attached hydrogen (secondary N) is 1. The number of ether oxygens (including phenoxy) is 1. The van der Waals surface area contributed by atoms with E-state index in [1.165, 1.54) is 25.6 Å². The fourth-order valence-corrected chi connectivity index (χ4v) is 1.69. The van der Waals surface area contributed by atoms with Crippen molar-refractivity contribution in [1.82, 2.24) is 9.97 Å². The predicted molar refractivity (Wildman–Crippen MR) is 72.7 cm³/mol. The topological polar surface area (TPSA) is 90.2 Å². The molecule has 2 rings (SSSR count). The Morgan fingerprint density at radius 3 is 2.74 bits per heavy atom. The van der Waals surface area contributed by atoms with E-state index in [1.807, 2.05) is 0 Å². The minimum Gasteiger partial charge on any atom is -0.481 e. The zero-order valence-corrected chi connectivity index (χ0v) is 11.4. The highest BCUT2D eigenvalue weighted by Crippen LogP contribution is 2.28. The van der Waals surface area contributed by atoms with Gasteiger partial charge in [0.15, 0.2) is 0 Å². The third-order valence-electron chi connectivity index (χ3n) is 2.24. The van der Waals surface area contributed by atoms with Gasteiger partial charge in [0.25, 0.3) is 0 Å². The van der Waals surface area contributed by atoms with Crippen LogP contribution in [0.5, 0.6) is 5.88 Å². The van der Waals surface area contributed by atoms with Crippen LogP contribution in [0.25, 0.3) is 0 Å². The van der Waals surface area contributed by atoms with Gasteiger partial charge >= 0.3 is 5.69 Å². The summed E-state index contributed by atoms with van der Waals surface area (Å²) in [6, 6.07) is 4.72. The van der Waals surface area contributed by atoms with Crippen LogP contribution < -0.4 is 10.1 Å². The molecule has 0 aliphatic carbocycles. The standard InChI is InChI=1S/C11H9BrN4O3/c1-19-10-3-2-8(6-13-10)15-11-9(16(17)18)4-7(12)5-14-11/h2-6H,1H3,(H,14,15). The van der Waals surface area contributed by atoms with Gasteiger partial charge in [0, 0.05) is 22.8 Å². The van der Waals surface area contributed by atoms with E-state index in [-0.39, 0.29) is 11.5 Å². The Labute approximate surface area is 116 Å². The molecule has 19 heavy (non-hydrogen) atoms. The highest BCUT2D eigenvalue weighted by molar-refractivity contribution is 9.10. The zero-order chi connectivity index (χ0) is 13.8. The fourth-order valence-electron chi connectivity index (χ4n) is 1.38. The molecule has 0 saturated heterocycles. The van der Waals surface area contributed by atoms with Crippen molar-refractivity contribution in [3.8, 4) is 5.88 Å². The molecule has 0 spiro atoms.